The van der Waals surface area contributed by atoms with Gasteiger partial charge in [-0.15, -0.1) is 0 Å². The zero-order valence-corrected chi connectivity index (χ0v) is 10.6. The van der Waals surface area contributed by atoms with E-state index in [2.05, 4.69) is 36.2 Å². The van der Waals surface area contributed by atoms with Gasteiger partial charge < -0.3 is 9.84 Å². The molecule has 1 aromatic heterocycles. The van der Waals surface area contributed by atoms with E-state index in [1.54, 1.807) is 0 Å². The molecule has 0 saturated heterocycles. The van der Waals surface area contributed by atoms with Crippen LogP contribution in [0.25, 0.3) is 0 Å². The molecule has 0 aromatic carbocycles. The van der Waals surface area contributed by atoms with Crippen molar-refractivity contribution in [3.8, 4) is 0 Å². The Morgan fingerprint density at radius 3 is 2.75 bits per heavy atom. The summed E-state index contributed by atoms with van der Waals surface area (Å²) < 4.78 is 5.18. The molecule has 0 aliphatic rings. The molecule has 1 unspecified atom stereocenters. The molecule has 4 nitrogen and oxygen atoms in total. The maximum Gasteiger partial charge on any atom is 0.226 e. The molecule has 0 amide bonds. The summed E-state index contributed by atoms with van der Waals surface area (Å²) in [5.74, 6) is 1.61. The predicted molar refractivity (Wildman–Crippen MR) is 64.4 cm³/mol. The highest BCUT2D eigenvalue weighted by Gasteiger charge is 2.07. The minimum absolute atomic E-state index is 0.515. The van der Waals surface area contributed by atoms with Crippen LogP contribution in [0, 0.1) is 0 Å². The van der Waals surface area contributed by atoms with E-state index in [0.29, 0.717) is 6.04 Å². The first-order chi connectivity index (χ1) is 7.76. The van der Waals surface area contributed by atoms with Gasteiger partial charge >= 0.3 is 0 Å². The number of aryl methyl sites for hydroxylation is 2. The van der Waals surface area contributed by atoms with E-state index < -0.39 is 0 Å². The van der Waals surface area contributed by atoms with Crippen molar-refractivity contribution in [2.24, 2.45) is 0 Å². The lowest BCUT2D eigenvalue weighted by atomic mass is 10.2. The zero-order chi connectivity index (χ0) is 11.8. The fourth-order valence-corrected chi connectivity index (χ4v) is 1.55. The second kappa shape index (κ2) is 7.39. The van der Waals surface area contributed by atoms with E-state index in [9.17, 15) is 0 Å². The molecular formula is C12H23N3O. The minimum Gasteiger partial charge on any atom is -0.339 e. The van der Waals surface area contributed by atoms with E-state index in [4.69, 9.17) is 4.52 Å². The van der Waals surface area contributed by atoms with Gasteiger partial charge in [0.15, 0.2) is 5.82 Å². The topological polar surface area (TPSA) is 51.0 Å². The third-order valence-corrected chi connectivity index (χ3v) is 2.52. The van der Waals surface area contributed by atoms with Gasteiger partial charge in [0.2, 0.25) is 5.89 Å². The fourth-order valence-electron chi connectivity index (χ4n) is 1.55. The lowest BCUT2D eigenvalue weighted by molar-refractivity contribution is 0.362. The fraction of sp³-hybridized carbons (Fsp3) is 0.833. The van der Waals surface area contributed by atoms with Gasteiger partial charge in [0.25, 0.3) is 0 Å². The van der Waals surface area contributed by atoms with Crippen LogP contribution in [0.4, 0.5) is 0 Å². The van der Waals surface area contributed by atoms with Crippen molar-refractivity contribution < 1.29 is 4.52 Å². The second-order valence-electron chi connectivity index (χ2n) is 4.25. The quantitative estimate of drug-likeness (QED) is 0.738. The molecule has 0 spiro atoms. The normalized spacial score (nSPS) is 12.9. The zero-order valence-electron chi connectivity index (χ0n) is 10.6. The number of rotatable bonds is 8. The summed E-state index contributed by atoms with van der Waals surface area (Å²) >= 11 is 0. The molecule has 1 heterocycles. The van der Waals surface area contributed by atoms with Gasteiger partial charge in [-0.3, -0.25) is 0 Å². The molecule has 0 fully saturated rings. The van der Waals surface area contributed by atoms with Crippen molar-refractivity contribution in [1.82, 2.24) is 15.5 Å². The smallest absolute Gasteiger partial charge is 0.226 e. The Kier molecular flexibility index (Phi) is 6.08. The molecule has 1 atom stereocenters. The van der Waals surface area contributed by atoms with Gasteiger partial charge in [0, 0.05) is 18.9 Å². The summed E-state index contributed by atoms with van der Waals surface area (Å²) in [5, 5.41) is 7.38. The Balaban J connectivity index is 2.25. The van der Waals surface area contributed by atoms with Gasteiger partial charge in [-0.05, 0) is 32.7 Å². The van der Waals surface area contributed by atoms with Crippen molar-refractivity contribution >= 4 is 0 Å². The first-order valence-electron chi connectivity index (χ1n) is 6.31. The molecular weight excluding hydrogens is 202 g/mol. The van der Waals surface area contributed by atoms with Gasteiger partial charge in [-0.25, -0.2) is 0 Å². The highest BCUT2D eigenvalue weighted by molar-refractivity contribution is 4.87. The Morgan fingerprint density at radius 1 is 1.25 bits per heavy atom. The van der Waals surface area contributed by atoms with E-state index in [0.717, 1.165) is 43.9 Å². The SMILES string of the molecule is CCCNC(C)CCc1nc(CCC)no1. The maximum atomic E-state index is 5.18. The number of aromatic nitrogens is 2. The van der Waals surface area contributed by atoms with Gasteiger partial charge in [-0.1, -0.05) is 19.0 Å². The lowest BCUT2D eigenvalue weighted by Crippen LogP contribution is -2.27. The van der Waals surface area contributed by atoms with Crippen molar-refractivity contribution in [2.45, 2.75) is 58.9 Å². The largest absolute Gasteiger partial charge is 0.339 e. The predicted octanol–water partition coefficient (Wildman–Crippen LogP) is 2.34. The van der Waals surface area contributed by atoms with E-state index >= 15 is 0 Å². The Labute approximate surface area is 97.8 Å². The molecule has 0 radical (unpaired) electrons. The average molecular weight is 225 g/mol. The van der Waals surface area contributed by atoms with Crippen LogP contribution in [0.1, 0.15) is 51.7 Å². The van der Waals surface area contributed by atoms with E-state index in [1.165, 1.54) is 6.42 Å². The molecule has 4 heteroatoms. The highest BCUT2D eigenvalue weighted by Crippen LogP contribution is 2.04. The third-order valence-electron chi connectivity index (χ3n) is 2.52. The third kappa shape index (κ3) is 4.75. The Hall–Kier alpha value is -0.900. The molecule has 1 rings (SSSR count). The Bertz CT molecular complexity index is 286. The van der Waals surface area contributed by atoms with Crippen LogP contribution in [-0.4, -0.2) is 22.7 Å². The summed E-state index contributed by atoms with van der Waals surface area (Å²) in [5.41, 5.74) is 0. The number of nitrogens with zero attached hydrogens (tertiary/aromatic N) is 2. The van der Waals surface area contributed by atoms with Gasteiger partial charge in [-0.2, -0.15) is 4.98 Å². The van der Waals surface area contributed by atoms with Crippen LogP contribution in [0.5, 0.6) is 0 Å². The first-order valence-corrected chi connectivity index (χ1v) is 6.31. The molecule has 0 saturated carbocycles. The van der Waals surface area contributed by atoms with Crippen molar-refractivity contribution in [3.63, 3.8) is 0 Å². The summed E-state index contributed by atoms with van der Waals surface area (Å²) in [6.45, 7) is 7.56. The molecule has 1 aromatic rings. The van der Waals surface area contributed by atoms with Crippen LogP contribution in [-0.2, 0) is 12.8 Å². The van der Waals surface area contributed by atoms with Crippen LogP contribution in [0.3, 0.4) is 0 Å². The molecule has 1 N–H and O–H groups in total. The molecule has 16 heavy (non-hydrogen) atoms. The van der Waals surface area contributed by atoms with Crippen molar-refractivity contribution in [2.75, 3.05) is 6.54 Å². The van der Waals surface area contributed by atoms with Crippen LogP contribution in [0.2, 0.25) is 0 Å². The summed E-state index contributed by atoms with van der Waals surface area (Å²) in [6.07, 6.45) is 5.06. The summed E-state index contributed by atoms with van der Waals surface area (Å²) in [7, 11) is 0. The van der Waals surface area contributed by atoms with E-state index in [-0.39, 0.29) is 0 Å². The molecule has 0 bridgehead atoms. The van der Waals surface area contributed by atoms with Gasteiger partial charge in [0.1, 0.15) is 0 Å². The minimum atomic E-state index is 0.515. The van der Waals surface area contributed by atoms with Crippen molar-refractivity contribution in [3.05, 3.63) is 11.7 Å². The Morgan fingerprint density at radius 2 is 2.06 bits per heavy atom. The number of hydrogen-bond donors (Lipinski definition) is 1. The number of hydrogen-bond acceptors (Lipinski definition) is 4. The number of nitrogens with one attached hydrogen (secondary N) is 1. The standard InChI is InChI=1S/C12H23N3O/c1-4-6-11-14-12(16-15-11)8-7-10(3)13-9-5-2/h10,13H,4-9H2,1-3H3. The van der Waals surface area contributed by atoms with Gasteiger partial charge in [0.05, 0.1) is 0 Å². The summed E-state index contributed by atoms with van der Waals surface area (Å²) in [4.78, 5) is 4.35. The molecule has 92 valence electrons. The highest BCUT2D eigenvalue weighted by atomic mass is 16.5. The van der Waals surface area contributed by atoms with Crippen molar-refractivity contribution in [1.29, 1.82) is 0 Å². The van der Waals surface area contributed by atoms with Crippen LogP contribution < -0.4 is 5.32 Å². The lowest BCUT2D eigenvalue weighted by Gasteiger charge is -2.10. The first kappa shape index (κ1) is 13.2. The van der Waals surface area contributed by atoms with Crippen LogP contribution in [0.15, 0.2) is 4.52 Å². The second-order valence-corrected chi connectivity index (χ2v) is 4.25. The molecule has 0 aliphatic heterocycles. The average Bonchev–Trinajstić information content (AvgIpc) is 2.72. The van der Waals surface area contributed by atoms with Crippen LogP contribution >= 0.6 is 0 Å². The monoisotopic (exact) mass is 225 g/mol. The van der Waals surface area contributed by atoms with E-state index in [1.807, 2.05) is 0 Å². The maximum absolute atomic E-state index is 5.18. The summed E-state index contributed by atoms with van der Waals surface area (Å²) in [6, 6.07) is 0.515. The molecule has 0 aliphatic carbocycles.